The van der Waals surface area contributed by atoms with Gasteiger partial charge in [0.2, 0.25) is 0 Å². The van der Waals surface area contributed by atoms with Gasteiger partial charge in [-0.1, -0.05) is 190 Å². The third-order valence-electron chi connectivity index (χ3n) is 11.0. The molecule has 7 aromatic carbocycles. The Labute approximate surface area is 328 Å². The maximum Gasteiger partial charge on any atom is 0.164 e. The van der Waals surface area contributed by atoms with E-state index in [2.05, 4.69) is 137 Å². The summed E-state index contributed by atoms with van der Waals surface area (Å²) in [5, 5.41) is 1.47. The van der Waals surface area contributed by atoms with E-state index in [1.54, 1.807) is 12.1 Å². The summed E-state index contributed by atoms with van der Waals surface area (Å²) in [4.78, 5) is 15.0. The lowest BCUT2D eigenvalue weighted by atomic mass is 9.81. The van der Waals surface area contributed by atoms with Gasteiger partial charge in [-0.2, -0.15) is 0 Å². The molecule has 1 aliphatic carbocycles. The normalized spacial score (nSPS) is 13.5. The number of hydrogen-bond donors (Lipinski definition) is 0. The minimum Gasteiger partial charge on any atom is -0.208 e. The molecule has 9 rings (SSSR count). The van der Waals surface area contributed by atoms with Gasteiger partial charge in [0.25, 0.3) is 0 Å². The molecule has 0 fully saturated rings. The first kappa shape index (κ1) is 32.2. The SMILES string of the molecule is [2H]c1cc([2H])cc(-c2nc(-c3cccc(-c4ccccc4)c3)nc(-c3cccc(-c4cccc5c4-c4ccc(-c6ccc([Si](C)(C)C)cc6)cc4C5(C)C)c3)n2)c1. The molecule has 0 saturated carbocycles. The van der Waals surface area contributed by atoms with Gasteiger partial charge in [-0.15, -0.1) is 0 Å². The smallest absolute Gasteiger partial charge is 0.164 e. The minimum absolute atomic E-state index is 0.179. The molecular formula is C51H43N3Si. The van der Waals surface area contributed by atoms with Crippen LogP contribution in [0.15, 0.2) is 170 Å². The van der Waals surface area contributed by atoms with Gasteiger partial charge in [-0.3, -0.25) is 0 Å². The van der Waals surface area contributed by atoms with Gasteiger partial charge >= 0.3 is 0 Å². The summed E-state index contributed by atoms with van der Waals surface area (Å²) < 4.78 is 16.7. The van der Waals surface area contributed by atoms with Crippen LogP contribution in [0.4, 0.5) is 0 Å². The highest BCUT2D eigenvalue weighted by atomic mass is 28.3. The fourth-order valence-electron chi connectivity index (χ4n) is 7.91. The number of hydrogen-bond acceptors (Lipinski definition) is 3. The summed E-state index contributed by atoms with van der Waals surface area (Å²) in [7, 11) is -1.38. The van der Waals surface area contributed by atoms with E-state index in [0.717, 1.165) is 27.8 Å². The average molecular weight is 728 g/mol. The lowest BCUT2D eigenvalue weighted by molar-refractivity contribution is 0.660. The van der Waals surface area contributed by atoms with E-state index in [1.807, 2.05) is 36.4 Å². The van der Waals surface area contributed by atoms with E-state index in [0.29, 0.717) is 23.0 Å². The van der Waals surface area contributed by atoms with Gasteiger partial charge in [-0.05, 0) is 73.8 Å². The Morgan fingerprint density at radius 2 is 0.945 bits per heavy atom. The number of benzene rings is 7. The number of fused-ring (bicyclic) bond motifs is 3. The first-order valence-electron chi connectivity index (χ1n) is 19.9. The van der Waals surface area contributed by atoms with Crippen molar-refractivity contribution < 1.29 is 2.74 Å². The Morgan fingerprint density at radius 1 is 0.418 bits per heavy atom. The average Bonchev–Trinajstić information content (AvgIpc) is 3.46. The lowest BCUT2D eigenvalue weighted by Crippen LogP contribution is -2.37. The van der Waals surface area contributed by atoms with Crippen LogP contribution in [0.3, 0.4) is 0 Å². The van der Waals surface area contributed by atoms with Crippen molar-refractivity contribution in [3.63, 3.8) is 0 Å². The van der Waals surface area contributed by atoms with Crippen LogP contribution >= 0.6 is 0 Å². The van der Waals surface area contributed by atoms with Gasteiger partial charge < -0.3 is 0 Å². The van der Waals surface area contributed by atoms with E-state index >= 15 is 0 Å². The van der Waals surface area contributed by atoms with E-state index < -0.39 is 8.07 Å². The third kappa shape index (κ3) is 6.43. The molecule has 8 aromatic rings. The molecular weight excluding hydrogens is 683 g/mol. The first-order valence-corrected chi connectivity index (χ1v) is 22.4. The number of nitrogens with zero attached hydrogens (tertiary/aromatic N) is 3. The topological polar surface area (TPSA) is 38.7 Å². The summed E-state index contributed by atoms with van der Waals surface area (Å²) >= 11 is 0. The summed E-state index contributed by atoms with van der Waals surface area (Å²) in [6, 6.07) is 55.2. The van der Waals surface area contributed by atoms with Crippen molar-refractivity contribution >= 4 is 13.3 Å². The number of rotatable bonds is 7. The highest BCUT2D eigenvalue weighted by Crippen LogP contribution is 2.53. The summed E-state index contributed by atoms with van der Waals surface area (Å²) in [5.41, 5.74) is 14.2. The fraction of sp³-hybridized carbons (Fsp3) is 0.118. The van der Waals surface area contributed by atoms with E-state index in [1.165, 1.54) is 50.2 Å². The predicted octanol–water partition coefficient (Wildman–Crippen LogP) is 12.7. The van der Waals surface area contributed by atoms with Crippen molar-refractivity contribution in [1.29, 1.82) is 0 Å². The Morgan fingerprint density at radius 3 is 1.62 bits per heavy atom. The number of aromatic nitrogens is 3. The van der Waals surface area contributed by atoms with Crippen LogP contribution in [0.2, 0.25) is 19.6 Å². The molecule has 0 amide bonds. The zero-order valence-electron chi connectivity index (χ0n) is 33.9. The second-order valence-corrected chi connectivity index (χ2v) is 21.1. The van der Waals surface area contributed by atoms with Crippen LogP contribution in [-0.2, 0) is 5.41 Å². The Hall–Kier alpha value is -6.23. The molecule has 0 N–H and O–H groups in total. The Balaban J connectivity index is 1.15. The molecule has 1 heterocycles. The minimum atomic E-state index is -1.38. The molecule has 4 heteroatoms. The Bertz CT molecular complexity index is 2800. The van der Waals surface area contributed by atoms with E-state index in [9.17, 15) is 0 Å². The molecule has 0 unspecified atom stereocenters. The monoisotopic (exact) mass is 727 g/mol. The van der Waals surface area contributed by atoms with Crippen LogP contribution in [-0.4, -0.2) is 23.0 Å². The van der Waals surface area contributed by atoms with Crippen molar-refractivity contribution in [3.05, 3.63) is 181 Å². The zero-order valence-corrected chi connectivity index (χ0v) is 32.9. The molecule has 1 aliphatic rings. The Kier molecular flexibility index (Phi) is 7.94. The van der Waals surface area contributed by atoms with Gasteiger partial charge in [0.05, 0.1) is 10.8 Å². The molecule has 3 nitrogen and oxygen atoms in total. The second-order valence-electron chi connectivity index (χ2n) is 16.0. The van der Waals surface area contributed by atoms with Gasteiger partial charge in [-0.25, -0.2) is 15.0 Å². The largest absolute Gasteiger partial charge is 0.208 e. The van der Waals surface area contributed by atoms with Gasteiger partial charge in [0.1, 0.15) is 0 Å². The maximum absolute atomic E-state index is 8.34. The molecule has 0 saturated heterocycles. The fourth-order valence-corrected chi connectivity index (χ4v) is 9.08. The van der Waals surface area contributed by atoms with Crippen LogP contribution in [0.5, 0.6) is 0 Å². The molecule has 0 aliphatic heterocycles. The highest BCUT2D eigenvalue weighted by Gasteiger charge is 2.37. The molecule has 0 atom stereocenters. The standard InChI is InChI=1S/C51H43N3Si/c1-51(2)45-24-14-23-43(47(45)44-30-27-38(33-46(44)51)35-25-28-42(29-26-35)55(3,4)5)39-20-13-22-41(32-39)50-53-48(36-17-10-7-11-18-36)52-49(54-50)40-21-12-19-37(31-40)34-15-8-6-9-16-34/h6-33H,1-5H3/i10D,11D. The maximum atomic E-state index is 8.34. The lowest BCUT2D eigenvalue weighted by Gasteiger charge is -2.22. The van der Waals surface area contributed by atoms with Crippen LogP contribution < -0.4 is 5.19 Å². The van der Waals surface area contributed by atoms with Crippen molar-refractivity contribution in [1.82, 2.24) is 15.0 Å². The third-order valence-corrected chi connectivity index (χ3v) is 13.0. The van der Waals surface area contributed by atoms with Crippen LogP contribution in [0, 0.1) is 0 Å². The highest BCUT2D eigenvalue weighted by molar-refractivity contribution is 6.88. The van der Waals surface area contributed by atoms with E-state index in [-0.39, 0.29) is 17.5 Å². The van der Waals surface area contributed by atoms with E-state index in [4.69, 9.17) is 17.7 Å². The summed E-state index contributed by atoms with van der Waals surface area (Å²) in [6.07, 6.45) is 0. The van der Waals surface area contributed by atoms with Crippen molar-refractivity contribution in [2.24, 2.45) is 0 Å². The van der Waals surface area contributed by atoms with Crippen molar-refractivity contribution in [3.8, 4) is 78.7 Å². The van der Waals surface area contributed by atoms with Crippen molar-refractivity contribution in [2.45, 2.75) is 38.9 Å². The van der Waals surface area contributed by atoms with Crippen LogP contribution in [0.25, 0.3) is 78.7 Å². The first-order chi connectivity index (χ1) is 27.4. The van der Waals surface area contributed by atoms with Gasteiger partial charge in [0, 0.05) is 22.1 Å². The molecule has 55 heavy (non-hydrogen) atoms. The zero-order chi connectivity index (χ0) is 39.5. The molecule has 266 valence electrons. The van der Waals surface area contributed by atoms with Crippen LogP contribution in [0.1, 0.15) is 27.7 Å². The molecule has 0 radical (unpaired) electrons. The molecule has 0 spiro atoms. The second kappa shape index (κ2) is 13.6. The summed E-state index contributed by atoms with van der Waals surface area (Å²) in [5.74, 6) is 1.49. The summed E-state index contributed by atoms with van der Waals surface area (Å²) in [6.45, 7) is 11.9. The van der Waals surface area contributed by atoms with Crippen molar-refractivity contribution in [2.75, 3.05) is 0 Å². The quantitative estimate of drug-likeness (QED) is 0.153. The molecule has 1 aromatic heterocycles. The van der Waals surface area contributed by atoms with Gasteiger partial charge in [0.15, 0.2) is 17.5 Å². The molecule has 0 bridgehead atoms. The predicted molar refractivity (Wildman–Crippen MR) is 233 cm³/mol.